The molecule has 3 fully saturated rings. The standard InChI is InChI=1S/C41H51NO13S/c1-21-24-17-27(44)39(8)28(45)18-29-40(20-51-29,54-22(2)43)32(39)33(53-34(47)23-13-10-9-11-14-23)41(50,38(24,6)7)19-25(21)52-35(48)31(46)30(26-15-12-16-56-26)42-36(49)55-37(3,4)5/h9-16,25,28-33,45-46,50H,17-20H2,1-8H3,(H,42,49)/t25-,28-,29+,30-,31+,32-,33-,39+,40-,41+/m0/s1. The fraction of sp³-hybridized carbons (Fsp3) is 0.585. The molecule has 1 amide bonds. The van der Waals surface area contributed by atoms with Gasteiger partial charge in [0.05, 0.1) is 29.6 Å². The smallest absolute Gasteiger partial charge is 0.408 e. The molecule has 6 rings (SSSR count). The van der Waals surface area contributed by atoms with Gasteiger partial charge in [0.1, 0.15) is 41.3 Å². The van der Waals surface area contributed by atoms with Gasteiger partial charge in [0, 0.05) is 36.5 Å². The minimum Gasteiger partial charge on any atom is -0.456 e. The molecule has 0 radical (unpaired) electrons. The molecule has 2 aromatic rings. The fourth-order valence-corrected chi connectivity index (χ4v) is 9.95. The van der Waals surface area contributed by atoms with Crippen LogP contribution in [0.1, 0.15) is 95.9 Å². The van der Waals surface area contributed by atoms with Crippen LogP contribution in [0.15, 0.2) is 59.0 Å². The molecule has 1 aromatic carbocycles. The summed E-state index contributed by atoms with van der Waals surface area (Å²) in [7, 11) is 0. The molecular formula is C41H51NO13S. The summed E-state index contributed by atoms with van der Waals surface area (Å²) in [6, 6.07) is 10.1. The Morgan fingerprint density at radius 2 is 1.71 bits per heavy atom. The molecule has 10 atom stereocenters. The van der Waals surface area contributed by atoms with Crippen molar-refractivity contribution in [2.45, 2.75) is 128 Å². The highest BCUT2D eigenvalue weighted by molar-refractivity contribution is 7.10. The van der Waals surface area contributed by atoms with Crippen molar-refractivity contribution < 1.29 is 63.0 Å². The van der Waals surface area contributed by atoms with Crippen LogP contribution in [0.5, 0.6) is 0 Å². The molecule has 3 aliphatic carbocycles. The van der Waals surface area contributed by atoms with E-state index in [9.17, 15) is 39.3 Å². The Hall–Kier alpha value is -4.15. The van der Waals surface area contributed by atoms with Gasteiger partial charge in [-0.25, -0.2) is 14.4 Å². The van der Waals surface area contributed by atoms with Crippen LogP contribution in [0.4, 0.5) is 4.79 Å². The third-order valence-electron chi connectivity index (χ3n) is 12.3. The molecule has 4 N–H and O–H groups in total. The van der Waals surface area contributed by atoms with E-state index in [1.54, 1.807) is 77.3 Å². The zero-order chi connectivity index (χ0) is 41.2. The Morgan fingerprint density at radius 1 is 1.04 bits per heavy atom. The van der Waals surface area contributed by atoms with Crippen LogP contribution in [-0.2, 0) is 38.1 Å². The van der Waals surface area contributed by atoms with Crippen molar-refractivity contribution >= 4 is 41.1 Å². The molecule has 14 nitrogen and oxygen atoms in total. The van der Waals surface area contributed by atoms with E-state index in [4.69, 9.17) is 23.7 Å². The van der Waals surface area contributed by atoms with Crippen molar-refractivity contribution in [1.82, 2.24) is 5.32 Å². The monoisotopic (exact) mass is 797 g/mol. The SMILES string of the molecule is CC(=O)O[C@@]12CO[C@@H]1C[C@H](O)[C@@]1(C)C(=O)CC3=C(C)[C@@H](OC(=O)[C@H](O)[C@@H](NC(=O)OC(C)(C)C)c4cccs4)C[C@@](O)([C@@H](OC(=O)c4ccccc4)[C@H]21)C3(C)C. The number of amides is 1. The molecular weight excluding hydrogens is 747 g/mol. The largest absolute Gasteiger partial charge is 0.456 e. The van der Waals surface area contributed by atoms with Crippen LogP contribution in [-0.4, -0.2) is 99.0 Å². The maximum Gasteiger partial charge on any atom is 0.408 e. The minimum atomic E-state index is -2.17. The van der Waals surface area contributed by atoms with Crippen LogP contribution in [0, 0.1) is 16.7 Å². The van der Waals surface area contributed by atoms with E-state index in [0.717, 1.165) is 0 Å². The first-order chi connectivity index (χ1) is 26.1. The number of Topliss-reactive ketones (excluding diaryl/α,β-unsaturated/α-hetero) is 1. The second-order valence-electron chi connectivity index (χ2n) is 17.1. The molecule has 1 aliphatic heterocycles. The highest BCUT2D eigenvalue weighted by Gasteiger charge is 2.77. The number of carbonyl (C=O) groups excluding carboxylic acids is 5. The number of rotatable bonds is 8. The van der Waals surface area contributed by atoms with Crippen LogP contribution in [0.3, 0.4) is 0 Å². The first-order valence-electron chi connectivity index (χ1n) is 18.7. The van der Waals surface area contributed by atoms with Crippen molar-refractivity contribution in [3.63, 3.8) is 0 Å². The Balaban J connectivity index is 1.46. The Morgan fingerprint density at radius 3 is 2.29 bits per heavy atom. The second kappa shape index (κ2) is 14.7. The van der Waals surface area contributed by atoms with Gasteiger partial charge in [-0.15, -0.1) is 11.3 Å². The van der Waals surface area contributed by atoms with Gasteiger partial charge in [-0.3, -0.25) is 9.59 Å². The summed E-state index contributed by atoms with van der Waals surface area (Å²) in [5, 5.41) is 41.0. The van der Waals surface area contributed by atoms with E-state index in [2.05, 4.69) is 5.32 Å². The van der Waals surface area contributed by atoms with Crippen molar-refractivity contribution in [2.75, 3.05) is 6.61 Å². The predicted molar refractivity (Wildman–Crippen MR) is 200 cm³/mol. The van der Waals surface area contributed by atoms with Crippen molar-refractivity contribution in [2.24, 2.45) is 16.7 Å². The highest BCUT2D eigenvalue weighted by atomic mass is 32.1. The van der Waals surface area contributed by atoms with E-state index in [1.807, 2.05) is 0 Å². The summed E-state index contributed by atoms with van der Waals surface area (Å²) in [4.78, 5) is 69.0. The number of aliphatic hydroxyl groups excluding tert-OH is 2. The second-order valence-corrected chi connectivity index (χ2v) is 18.1. The van der Waals surface area contributed by atoms with Crippen molar-refractivity contribution in [3.8, 4) is 0 Å². The maximum absolute atomic E-state index is 14.8. The van der Waals surface area contributed by atoms with E-state index in [0.29, 0.717) is 16.0 Å². The zero-order valence-electron chi connectivity index (χ0n) is 32.8. The van der Waals surface area contributed by atoms with E-state index in [1.165, 1.54) is 37.3 Å². The average Bonchev–Trinajstić information content (AvgIpc) is 3.65. The van der Waals surface area contributed by atoms with Gasteiger partial charge in [0.15, 0.2) is 11.7 Å². The topological polar surface area (TPSA) is 204 Å². The minimum absolute atomic E-state index is 0.0634. The number of ketones is 1. The molecule has 2 heterocycles. The third-order valence-corrected chi connectivity index (χ3v) is 13.2. The summed E-state index contributed by atoms with van der Waals surface area (Å²) in [5.41, 5.74) is -6.78. The van der Waals surface area contributed by atoms with E-state index in [-0.39, 0.29) is 25.0 Å². The summed E-state index contributed by atoms with van der Waals surface area (Å²) in [5.74, 6) is -4.51. The van der Waals surface area contributed by atoms with Gasteiger partial charge in [-0.05, 0) is 63.8 Å². The number of hydrogen-bond acceptors (Lipinski definition) is 14. The van der Waals surface area contributed by atoms with Gasteiger partial charge in [-0.2, -0.15) is 0 Å². The number of esters is 3. The first kappa shape index (κ1) is 41.5. The summed E-state index contributed by atoms with van der Waals surface area (Å²) in [6.45, 7) is 12.6. The number of ether oxygens (including phenoxy) is 5. The van der Waals surface area contributed by atoms with Crippen molar-refractivity contribution in [1.29, 1.82) is 0 Å². The number of alkyl carbamates (subject to hydrolysis) is 1. The highest BCUT2D eigenvalue weighted by Crippen LogP contribution is 2.64. The molecule has 2 bridgehead atoms. The predicted octanol–water partition coefficient (Wildman–Crippen LogP) is 4.35. The first-order valence-corrected chi connectivity index (χ1v) is 19.6. The molecule has 15 heteroatoms. The number of hydrogen-bond donors (Lipinski definition) is 4. The Kier molecular flexibility index (Phi) is 10.9. The maximum atomic E-state index is 14.8. The molecule has 0 unspecified atom stereocenters. The normalized spacial score (nSPS) is 33.2. The van der Waals surface area contributed by atoms with Crippen molar-refractivity contribution in [3.05, 3.63) is 69.4 Å². The lowest BCUT2D eigenvalue weighted by atomic mass is 9.45. The number of benzene rings is 1. The Labute approximate surface area is 329 Å². The lowest BCUT2D eigenvalue weighted by molar-refractivity contribution is -0.344. The fourth-order valence-electron chi connectivity index (χ4n) is 9.15. The summed E-state index contributed by atoms with van der Waals surface area (Å²) < 4.78 is 29.7. The average molecular weight is 798 g/mol. The molecule has 1 saturated heterocycles. The summed E-state index contributed by atoms with van der Waals surface area (Å²) >= 11 is 1.19. The quantitative estimate of drug-likeness (QED) is 0.167. The van der Waals surface area contributed by atoms with Gasteiger partial charge >= 0.3 is 24.0 Å². The van der Waals surface area contributed by atoms with Crippen LogP contribution < -0.4 is 5.32 Å². The number of nitrogens with one attached hydrogen (secondary N) is 1. The lowest BCUT2D eigenvalue weighted by Crippen LogP contribution is -2.80. The van der Waals surface area contributed by atoms with Gasteiger partial charge in [-0.1, -0.05) is 43.7 Å². The number of carbonyl (C=O) groups is 5. The van der Waals surface area contributed by atoms with Crippen LogP contribution in [0.2, 0.25) is 0 Å². The van der Waals surface area contributed by atoms with Crippen LogP contribution >= 0.6 is 11.3 Å². The molecule has 0 spiro atoms. The van der Waals surface area contributed by atoms with E-state index < -0.39 is 106 Å². The number of aliphatic hydroxyl groups is 3. The lowest BCUT2D eigenvalue weighted by Gasteiger charge is -2.67. The zero-order valence-corrected chi connectivity index (χ0v) is 33.6. The summed E-state index contributed by atoms with van der Waals surface area (Å²) in [6.07, 6.45) is -8.79. The van der Waals surface area contributed by atoms with Gasteiger partial charge in [0.25, 0.3) is 0 Å². The molecule has 304 valence electrons. The molecule has 56 heavy (non-hydrogen) atoms. The van der Waals surface area contributed by atoms with Gasteiger partial charge < -0.3 is 44.3 Å². The number of fused-ring (bicyclic) bond motifs is 5. The van der Waals surface area contributed by atoms with Gasteiger partial charge in [0.2, 0.25) is 0 Å². The number of thiophene rings is 1. The van der Waals surface area contributed by atoms with Crippen LogP contribution in [0.25, 0.3) is 0 Å². The molecule has 2 saturated carbocycles. The Bertz CT molecular complexity index is 1900. The van der Waals surface area contributed by atoms with E-state index >= 15 is 0 Å². The molecule has 1 aromatic heterocycles. The third kappa shape index (κ3) is 6.95. The molecule has 4 aliphatic rings.